The van der Waals surface area contributed by atoms with Gasteiger partial charge in [-0.3, -0.25) is 4.79 Å². The van der Waals surface area contributed by atoms with Gasteiger partial charge >= 0.3 is 0 Å². The van der Waals surface area contributed by atoms with Crippen molar-refractivity contribution in [3.05, 3.63) is 34.2 Å². The molecular formula is C14H23NO. The number of hydrogen-bond donors (Lipinski definition) is 0. The molecule has 0 fully saturated rings. The Kier molecular flexibility index (Phi) is 5.30. The molecule has 0 aliphatic rings. The van der Waals surface area contributed by atoms with E-state index in [2.05, 4.69) is 18.4 Å². The molecule has 1 atom stereocenters. The quantitative estimate of drug-likeness (QED) is 0.722. The van der Waals surface area contributed by atoms with Crippen LogP contribution >= 0.6 is 0 Å². The highest BCUT2D eigenvalue weighted by molar-refractivity contribution is 5.04. The van der Waals surface area contributed by atoms with Crippen LogP contribution in [0.1, 0.15) is 45.2 Å². The molecule has 0 amide bonds. The van der Waals surface area contributed by atoms with Crippen molar-refractivity contribution < 1.29 is 0 Å². The van der Waals surface area contributed by atoms with Crippen LogP contribution in [0.15, 0.2) is 23.1 Å². The van der Waals surface area contributed by atoms with Crippen LogP contribution in [0.3, 0.4) is 0 Å². The Morgan fingerprint density at radius 3 is 2.69 bits per heavy atom. The number of aryl methyl sites for hydroxylation is 1. The van der Waals surface area contributed by atoms with Gasteiger partial charge in [0.05, 0.1) is 0 Å². The van der Waals surface area contributed by atoms with Gasteiger partial charge in [0.2, 0.25) is 0 Å². The summed E-state index contributed by atoms with van der Waals surface area (Å²) in [7, 11) is 0. The van der Waals surface area contributed by atoms with Crippen LogP contribution in [0.2, 0.25) is 0 Å². The van der Waals surface area contributed by atoms with Gasteiger partial charge in [-0.15, -0.1) is 0 Å². The lowest BCUT2D eigenvalue weighted by atomic mass is 9.99. The summed E-state index contributed by atoms with van der Waals surface area (Å²) in [6.45, 7) is 7.53. The van der Waals surface area contributed by atoms with Crippen LogP contribution in [-0.4, -0.2) is 4.57 Å². The number of rotatable bonds is 6. The van der Waals surface area contributed by atoms with E-state index in [1.807, 2.05) is 13.1 Å². The van der Waals surface area contributed by atoms with Gasteiger partial charge < -0.3 is 4.57 Å². The summed E-state index contributed by atoms with van der Waals surface area (Å²) in [5, 5.41) is 0. The van der Waals surface area contributed by atoms with Gasteiger partial charge in [-0.25, -0.2) is 0 Å². The van der Waals surface area contributed by atoms with Crippen molar-refractivity contribution in [2.24, 2.45) is 5.92 Å². The second-order valence-corrected chi connectivity index (χ2v) is 4.57. The molecule has 1 heterocycles. The first-order chi connectivity index (χ1) is 7.67. The average molecular weight is 221 g/mol. The molecule has 1 unspecified atom stereocenters. The lowest BCUT2D eigenvalue weighted by molar-refractivity contribution is 0.386. The number of nitrogens with zero attached hydrogens (tertiary/aromatic N) is 1. The zero-order valence-corrected chi connectivity index (χ0v) is 10.7. The zero-order chi connectivity index (χ0) is 12.0. The van der Waals surface area contributed by atoms with Gasteiger partial charge in [0.1, 0.15) is 0 Å². The Balaban J connectivity index is 2.66. The van der Waals surface area contributed by atoms with Gasteiger partial charge in [-0.2, -0.15) is 0 Å². The minimum Gasteiger partial charge on any atom is -0.351 e. The predicted octanol–water partition coefficient (Wildman–Crippen LogP) is 3.37. The molecule has 0 N–H and O–H groups in total. The fraction of sp³-hybridized carbons (Fsp3) is 0.643. The van der Waals surface area contributed by atoms with E-state index >= 15 is 0 Å². The third kappa shape index (κ3) is 3.84. The Hall–Kier alpha value is -1.05. The maximum atomic E-state index is 11.2. The van der Waals surface area contributed by atoms with E-state index in [0.29, 0.717) is 0 Å². The second kappa shape index (κ2) is 6.51. The first-order valence-electron chi connectivity index (χ1n) is 6.34. The molecule has 0 aromatic carbocycles. The fourth-order valence-corrected chi connectivity index (χ4v) is 2.02. The van der Waals surface area contributed by atoms with Crippen molar-refractivity contribution in [1.82, 2.24) is 4.57 Å². The largest absolute Gasteiger partial charge is 0.351 e. The Labute approximate surface area is 98.3 Å². The summed E-state index contributed by atoms with van der Waals surface area (Å²) in [5.41, 5.74) is 1.18. The molecule has 0 spiro atoms. The van der Waals surface area contributed by atoms with Crippen LogP contribution in [0.25, 0.3) is 0 Å². The van der Waals surface area contributed by atoms with Crippen molar-refractivity contribution in [3.8, 4) is 0 Å². The minimum absolute atomic E-state index is 0.107. The Bertz CT molecular complexity index is 367. The molecule has 0 aliphatic heterocycles. The Morgan fingerprint density at radius 2 is 2.12 bits per heavy atom. The van der Waals surface area contributed by atoms with Gasteiger partial charge in [-0.05, 0) is 19.3 Å². The highest BCUT2D eigenvalue weighted by Crippen LogP contribution is 2.15. The lowest BCUT2D eigenvalue weighted by Crippen LogP contribution is -2.15. The molecule has 1 rings (SSSR count). The fourth-order valence-electron chi connectivity index (χ4n) is 2.02. The number of hydrogen-bond acceptors (Lipinski definition) is 1. The van der Waals surface area contributed by atoms with Gasteiger partial charge in [0.25, 0.3) is 0 Å². The van der Waals surface area contributed by atoms with E-state index in [1.54, 1.807) is 12.1 Å². The molecule has 0 bridgehead atoms. The van der Waals surface area contributed by atoms with Gasteiger partial charge in [0, 0.05) is 30.6 Å². The number of aromatic nitrogens is 1. The molecule has 2 heteroatoms. The van der Waals surface area contributed by atoms with Crippen LogP contribution in [-0.2, 0) is 6.54 Å². The summed E-state index contributed by atoms with van der Waals surface area (Å²) >= 11 is 0. The first kappa shape index (κ1) is 13.0. The Morgan fingerprint density at radius 1 is 1.38 bits per heavy atom. The van der Waals surface area contributed by atoms with Crippen LogP contribution in [0.4, 0.5) is 0 Å². The standard InChI is InChI=1S/C14H23NO/c1-4-6-7-13(5-2)11-15-9-8-14(16)10-12(15)3/h8-10,13H,4-7,11H2,1-3H3. The molecule has 0 aliphatic carbocycles. The van der Waals surface area contributed by atoms with Crippen molar-refractivity contribution >= 4 is 0 Å². The van der Waals surface area contributed by atoms with Crippen molar-refractivity contribution in [2.75, 3.05) is 0 Å². The molecule has 0 saturated carbocycles. The second-order valence-electron chi connectivity index (χ2n) is 4.57. The lowest BCUT2D eigenvalue weighted by Gasteiger charge is -2.18. The third-order valence-corrected chi connectivity index (χ3v) is 3.22. The smallest absolute Gasteiger partial charge is 0.181 e. The molecule has 0 saturated heterocycles. The molecule has 90 valence electrons. The zero-order valence-electron chi connectivity index (χ0n) is 10.7. The van der Waals surface area contributed by atoms with Gasteiger partial charge in [0.15, 0.2) is 5.43 Å². The van der Waals surface area contributed by atoms with E-state index < -0.39 is 0 Å². The van der Waals surface area contributed by atoms with Crippen molar-refractivity contribution in [1.29, 1.82) is 0 Å². The number of pyridine rings is 1. The van der Waals surface area contributed by atoms with E-state index in [0.717, 1.165) is 18.2 Å². The van der Waals surface area contributed by atoms with E-state index in [-0.39, 0.29) is 5.43 Å². The minimum atomic E-state index is 0.107. The summed E-state index contributed by atoms with van der Waals surface area (Å²) in [6, 6.07) is 3.37. The highest BCUT2D eigenvalue weighted by Gasteiger charge is 2.07. The summed E-state index contributed by atoms with van der Waals surface area (Å²) in [5.74, 6) is 0.737. The highest BCUT2D eigenvalue weighted by atomic mass is 16.1. The summed E-state index contributed by atoms with van der Waals surface area (Å²) in [4.78, 5) is 11.2. The first-order valence-corrected chi connectivity index (χ1v) is 6.34. The summed E-state index contributed by atoms with van der Waals surface area (Å²) in [6.07, 6.45) is 6.99. The third-order valence-electron chi connectivity index (χ3n) is 3.22. The molecule has 1 aromatic rings. The molecular weight excluding hydrogens is 198 g/mol. The summed E-state index contributed by atoms with van der Waals surface area (Å²) < 4.78 is 2.20. The van der Waals surface area contributed by atoms with E-state index in [1.165, 1.54) is 25.7 Å². The van der Waals surface area contributed by atoms with E-state index in [9.17, 15) is 4.79 Å². The maximum absolute atomic E-state index is 11.2. The number of unbranched alkanes of at least 4 members (excludes halogenated alkanes) is 1. The SMILES string of the molecule is CCCCC(CC)Cn1ccc(=O)cc1C. The van der Waals surface area contributed by atoms with E-state index in [4.69, 9.17) is 0 Å². The monoisotopic (exact) mass is 221 g/mol. The van der Waals surface area contributed by atoms with Gasteiger partial charge in [-0.1, -0.05) is 33.1 Å². The normalized spacial score (nSPS) is 12.7. The molecule has 16 heavy (non-hydrogen) atoms. The molecule has 1 aromatic heterocycles. The maximum Gasteiger partial charge on any atom is 0.181 e. The van der Waals surface area contributed by atoms with Crippen molar-refractivity contribution in [3.63, 3.8) is 0 Å². The average Bonchev–Trinajstić information content (AvgIpc) is 2.27. The molecule has 0 radical (unpaired) electrons. The van der Waals surface area contributed by atoms with Crippen molar-refractivity contribution in [2.45, 2.75) is 53.0 Å². The van der Waals surface area contributed by atoms with Crippen LogP contribution in [0, 0.1) is 12.8 Å². The topological polar surface area (TPSA) is 22.0 Å². The van der Waals surface area contributed by atoms with Crippen LogP contribution < -0.4 is 5.43 Å². The molecule has 2 nitrogen and oxygen atoms in total. The predicted molar refractivity (Wildman–Crippen MR) is 68.7 cm³/mol. The van der Waals surface area contributed by atoms with Crippen LogP contribution in [0.5, 0.6) is 0 Å².